The largest absolute Gasteiger partial charge is 0.489 e. The molecule has 0 aliphatic heterocycles. The van der Waals surface area contributed by atoms with E-state index in [4.69, 9.17) is 10.5 Å². The molecule has 3 N–H and O–H groups in total. The Kier molecular flexibility index (Phi) is 6.41. The van der Waals surface area contributed by atoms with Gasteiger partial charge in [0.1, 0.15) is 18.4 Å². The number of pyridine rings is 1. The third-order valence-corrected chi connectivity index (χ3v) is 5.09. The predicted octanol–water partition coefficient (Wildman–Crippen LogP) is 3.64. The molecule has 0 unspecified atom stereocenters. The molecule has 0 fully saturated rings. The zero-order valence-electron chi connectivity index (χ0n) is 17.4. The number of carbonyl (C=O) groups is 2. The number of benzene rings is 3. The van der Waals surface area contributed by atoms with E-state index in [1.165, 1.54) is 6.20 Å². The molecule has 0 bridgehead atoms. The lowest BCUT2D eigenvalue weighted by atomic mass is 10.0. The summed E-state index contributed by atoms with van der Waals surface area (Å²) in [7, 11) is 0. The van der Waals surface area contributed by atoms with Crippen LogP contribution in [0.3, 0.4) is 0 Å². The van der Waals surface area contributed by atoms with Crippen molar-refractivity contribution in [2.24, 2.45) is 5.73 Å². The maximum atomic E-state index is 12.7. The normalized spacial score (nSPS) is 11.6. The van der Waals surface area contributed by atoms with Crippen LogP contribution in [-0.2, 0) is 17.8 Å². The highest BCUT2D eigenvalue weighted by atomic mass is 16.5. The summed E-state index contributed by atoms with van der Waals surface area (Å²) in [5, 5.41) is 3.58. The molecule has 4 aromatic rings. The second kappa shape index (κ2) is 9.75. The second-order valence-electron chi connectivity index (χ2n) is 7.47. The fourth-order valence-electron chi connectivity index (χ4n) is 3.40. The summed E-state index contributed by atoms with van der Waals surface area (Å²) in [5.41, 5.74) is 8.63. The number of nitrogens with one attached hydrogen (secondary N) is 1. The van der Waals surface area contributed by atoms with Gasteiger partial charge in [-0.1, -0.05) is 60.7 Å². The Balaban J connectivity index is 1.43. The first-order chi connectivity index (χ1) is 15.6. The molecule has 6 heteroatoms. The molecule has 0 spiro atoms. The van der Waals surface area contributed by atoms with Gasteiger partial charge in [0.2, 0.25) is 5.91 Å². The molecule has 1 atom stereocenters. The lowest BCUT2D eigenvalue weighted by molar-refractivity contribution is -0.119. The number of amides is 2. The summed E-state index contributed by atoms with van der Waals surface area (Å²) < 4.78 is 5.85. The Hall–Kier alpha value is -4.19. The van der Waals surface area contributed by atoms with Crippen molar-refractivity contribution in [3.63, 3.8) is 0 Å². The summed E-state index contributed by atoms with van der Waals surface area (Å²) in [4.78, 5) is 29.1. The molecule has 2 amide bonds. The van der Waals surface area contributed by atoms with Crippen LogP contribution in [-0.4, -0.2) is 22.8 Å². The second-order valence-corrected chi connectivity index (χ2v) is 7.47. The molecule has 0 aliphatic rings. The van der Waals surface area contributed by atoms with Gasteiger partial charge in [0.15, 0.2) is 0 Å². The van der Waals surface area contributed by atoms with Gasteiger partial charge < -0.3 is 15.8 Å². The fourth-order valence-corrected chi connectivity index (χ4v) is 3.40. The average molecular weight is 425 g/mol. The summed E-state index contributed by atoms with van der Waals surface area (Å²) in [6, 6.07) is 25.7. The van der Waals surface area contributed by atoms with Gasteiger partial charge in [-0.05, 0) is 35.4 Å². The Labute approximate surface area is 186 Å². The molecule has 0 radical (unpaired) electrons. The van der Waals surface area contributed by atoms with Gasteiger partial charge >= 0.3 is 0 Å². The van der Waals surface area contributed by atoms with Crippen LogP contribution < -0.4 is 15.8 Å². The van der Waals surface area contributed by atoms with Crippen LogP contribution in [0, 0.1) is 0 Å². The smallest absolute Gasteiger partial charge is 0.253 e. The first kappa shape index (κ1) is 21.1. The minimum Gasteiger partial charge on any atom is -0.489 e. The molecular weight excluding hydrogens is 402 g/mol. The van der Waals surface area contributed by atoms with E-state index in [-0.39, 0.29) is 6.42 Å². The van der Waals surface area contributed by atoms with Gasteiger partial charge in [0.05, 0.1) is 11.1 Å². The van der Waals surface area contributed by atoms with Crippen molar-refractivity contribution >= 4 is 22.7 Å². The van der Waals surface area contributed by atoms with E-state index in [9.17, 15) is 9.59 Å². The zero-order valence-corrected chi connectivity index (χ0v) is 17.4. The maximum absolute atomic E-state index is 12.7. The van der Waals surface area contributed by atoms with Crippen LogP contribution in [0.25, 0.3) is 10.9 Å². The van der Waals surface area contributed by atoms with E-state index in [0.717, 1.165) is 22.0 Å². The Morgan fingerprint density at radius 2 is 1.66 bits per heavy atom. The number of ether oxygens (including phenoxy) is 1. The van der Waals surface area contributed by atoms with Crippen molar-refractivity contribution in [2.75, 3.05) is 0 Å². The first-order valence-electron chi connectivity index (χ1n) is 10.3. The van der Waals surface area contributed by atoms with Gasteiger partial charge in [0.25, 0.3) is 5.91 Å². The number of hydrogen-bond acceptors (Lipinski definition) is 4. The topological polar surface area (TPSA) is 94.3 Å². The van der Waals surface area contributed by atoms with Crippen molar-refractivity contribution < 1.29 is 14.3 Å². The van der Waals surface area contributed by atoms with Crippen molar-refractivity contribution in [2.45, 2.75) is 19.1 Å². The molecule has 0 saturated carbocycles. The number of primary amides is 1. The van der Waals surface area contributed by atoms with E-state index >= 15 is 0 Å². The zero-order chi connectivity index (χ0) is 22.3. The van der Waals surface area contributed by atoms with Gasteiger partial charge in [0, 0.05) is 18.0 Å². The highest BCUT2D eigenvalue weighted by Gasteiger charge is 2.20. The lowest BCUT2D eigenvalue weighted by Crippen LogP contribution is -2.45. The lowest BCUT2D eigenvalue weighted by Gasteiger charge is -2.16. The predicted molar refractivity (Wildman–Crippen MR) is 123 cm³/mol. The number of hydrogen-bond donors (Lipinski definition) is 2. The van der Waals surface area contributed by atoms with Gasteiger partial charge in [-0.3, -0.25) is 14.6 Å². The number of rotatable bonds is 8. The third kappa shape index (κ3) is 5.29. The minimum absolute atomic E-state index is 0.255. The number of fused-ring (bicyclic) bond motifs is 1. The molecule has 4 rings (SSSR count). The van der Waals surface area contributed by atoms with E-state index in [0.29, 0.717) is 17.9 Å². The SMILES string of the molecule is NC(=O)[C@H](Cc1cccc(OCc2ccccc2)c1)NC(=O)c1cnc2ccccc2c1. The van der Waals surface area contributed by atoms with Crippen LogP contribution in [0.4, 0.5) is 0 Å². The molecule has 1 heterocycles. The number of nitrogens with zero attached hydrogens (tertiary/aromatic N) is 1. The van der Waals surface area contributed by atoms with Crippen LogP contribution in [0.15, 0.2) is 91.1 Å². The molecule has 6 nitrogen and oxygen atoms in total. The Morgan fingerprint density at radius 1 is 0.906 bits per heavy atom. The van der Waals surface area contributed by atoms with Gasteiger partial charge in [-0.25, -0.2) is 0 Å². The van der Waals surface area contributed by atoms with E-state index in [2.05, 4.69) is 10.3 Å². The summed E-state index contributed by atoms with van der Waals surface area (Å²) in [6.45, 7) is 0.440. The van der Waals surface area contributed by atoms with Crippen LogP contribution in [0.1, 0.15) is 21.5 Å². The van der Waals surface area contributed by atoms with E-state index in [1.807, 2.05) is 78.9 Å². The van der Waals surface area contributed by atoms with Crippen molar-refractivity contribution in [3.05, 3.63) is 108 Å². The summed E-state index contributed by atoms with van der Waals surface area (Å²) in [6.07, 6.45) is 1.75. The molecule has 3 aromatic carbocycles. The highest BCUT2D eigenvalue weighted by Crippen LogP contribution is 2.17. The number of carbonyl (C=O) groups excluding carboxylic acids is 2. The van der Waals surface area contributed by atoms with Crippen LogP contribution >= 0.6 is 0 Å². The molecule has 32 heavy (non-hydrogen) atoms. The quantitative estimate of drug-likeness (QED) is 0.451. The molecular formula is C26H23N3O3. The van der Waals surface area contributed by atoms with Gasteiger partial charge in [-0.15, -0.1) is 0 Å². The summed E-state index contributed by atoms with van der Waals surface area (Å²) in [5.74, 6) is -0.328. The summed E-state index contributed by atoms with van der Waals surface area (Å²) >= 11 is 0. The molecule has 0 saturated heterocycles. The first-order valence-corrected chi connectivity index (χ1v) is 10.3. The molecule has 160 valence electrons. The number of nitrogens with two attached hydrogens (primary N) is 1. The van der Waals surface area contributed by atoms with Crippen LogP contribution in [0.5, 0.6) is 5.75 Å². The van der Waals surface area contributed by atoms with Crippen molar-refractivity contribution in [3.8, 4) is 5.75 Å². The number of aromatic nitrogens is 1. The average Bonchev–Trinajstić information content (AvgIpc) is 2.83. The van der Waals surface area contributed by atoms with Crippen molar-refractivity contribution in [1.29, 1.82) is 0 Å². The van der Waals surface area contributed by atoms with Gasteiger partial charge in [-0.2, -0.15) is 0 Å². The number of para-hydroxylation sites is 1. The highest BCUT2D eigenvalue weighted by molar-refractivity contribution is 5.99. The minimum atomic E-state index is -0.863. The maximum Gasteiger partial charge on any atom is 0.253 e. The Morgan fingerprint density at radius 3 is 2.47 bits per heavy atom. The Bertz CT molecular complexity index is 1240. The fraction of sp³-hybridized carbons (Fsp3) is 0.115. The monoisotopic (exact) mass is 425 g/mol. The third-order valence-electron chi connectivity index (χ3n) is 5.09. The van der Waals surface area contributed by atoms with E-state index < -0.39 is 17.9 Å². The van der Waals surface area contributed by atoms with Crippen LogP contribution in [0.2, 0.25) is 0 Å². The van der Waals surface area contributed by atoms with Crippen molar-refractivity contribution in [1.82, 2.24) is 10.3 Å². The molecule has 0 aliphatic carbocycles. The standard InChI is InChI=1S/C26H23N3O3/c27-25(30)24(29-26(31)21-15-20-10-4-5-12-23(20)28-16-21)14-19-9-6-11-22(13-19)32-17-18-7-2-1-3-8-18/h1-13,15-16,24H,14,17H2,(H2,27,30)(H,29,31)/t24-/m0/s1. The van der Waals surface area contributed by atoms with E-state index in [1.54, 1.807) is 6.07 Å². The molecule has 1 aromatic heterocycles.